The van der Waals surface area contributed by atoms with Gasteiger partial charge < -0.3 is 10.4 Å². The average molecular weight is 239 g/mol. The Morgan fingerprint density at radius 2 is 2.06 bits per heavy atom. The normalized spacial score (nSPS) is 13.1. The number of rotatable bonds is 5. The van der Waals surface area contributed by atoms with Gasteiger partial charge in [-0.25, -0.2) is 0 Å². The van der Waals surface area contributed by atoms with Crippen LogP contribution in [0.15, 0.2) is 23.1 Å². The molecule has 1 rings (SSSR count). The van der Waals surface area contributed by atoms with Crippen molar-refractivity contribution in [1.82, 2.24) is 5.32 Å². The predicted molar refractivity (Wildman–Crippen MR) is 71.1 cm³/mol. The average Bonchev–Trinajstić information content (AvgIpc) is 2.25. The van der Waals surface area contributed by atoms with Gasteiger partial charge in [0.1, 0.15) is 0 Å². The first-order valence-corrected chi connectivity index (χ1v) is 6.83. The number of benzene rings is 1. The number of hydrogen-bond acceptors (Lipinski definition) is 3. The molecule has 1 atom stereocenters. The topological polar surface area (TPSA) is 32.3 Å². The van der Waals surface area contributed by atoms with Crippen LogP contribution < -0.4 is 5.32 Å². The van der Waals surface area contributed by atoms with Gasteiger partial charge in [0.2, 0.25) is 0 Å². The molecule has 0 heterocycles. The third kappa shape index (κ3) is 3.81. The van der Waals surface area contributed by atoms with Crippen molar-refractivity contribution in [3.63, 3.8) is 0 Å². The summed E-state index contributed by atoms with van der Waals surface area (Å²) in [6, 6.07) is 6.55. The van der Waals surface area contributed by atoms with Crippen LogP contribution in [0.3, 0.4) is 0 Å². The van der Waals surface area contributed by atoms with E-state index in [0.717, 1.165) is 5.56 Å². The van der Waals surface area contributed by atoms with E-state index in [2.05, 4.69) is 44.5 Å². The van der Waals surface area contributed by atoms with Crippen LogP contribution >= 0.6 is 11.8 Å². The minimum absolute atomic E-state index is 0.404. The van der Waals surface area contributed by atoms with E-state index in [-0.39, 0.29) is 0 Å². The van der Waals surface area contributed by atoms with Crippen LogP contribution in [0.2, 0.25) is 0 Å². The lowest BCUT2D eigenvalue weighted by molar-refractivity contribution is 0.171. The maximum atomic E-state index is 9.99. The highest BCUT2D eigenvalue weighted by molar-refractivity contribution is 7.98. The fourth-order valence-electron chi connectivity index (χ4n) is 1.57. The second-order valence-corrected chi connectivity index (χ2v) is 5.16. The zero-order chi connectivity index (χ0) is 12.1. The molecule has 0 amide bonds. The zero-order valence-electron chi connectivity index (χ0n) is 10.4. The van der Waals surface area contributed by atoms with Crippen LogP contribution in [0.1, 0.15) is 31.1 Å². The Labute approximate surface area is 102 Å². The first kappa shape index (κ1) is 13.6. The van der Waals surface area contributed by atoms with Crippen LogP contribution in [-0.4, -0.2) is 23.9 Å². The molecule has 16 heavy (non-hydrogen) atoms. The van der Waals surface area contributed by atoms with Crippen LogP contribution in [-0.2, 0) is 0 Å². The van der Waals surface area contributed by atoms with E-state index in [4.69, 9.17) is 0 Å². The van der Waals surface area contributed by atoms with Gasteiger partial charge >= 0.3 is 0 Å². The van der Waals surface area contributed by atoms with Crippen LogP contribution in [0, 0.1) is 6.92 Å². The van der Waals surface area contributed by atoms with Gasteiger partial charge in [-0.3, -0.25) is 0 Å². The molecule has 0 bridgehead atoms. The first-order valence-electron chi connectivity index (χ1n) is 5.60. The summed E-state index contributed by atoms with van der Waals surface area (Å²) < 4.78 is 0. The Morgan fingerprint density at radius 1 is 1.38 bits per heavy atom. The SMILES string of the molecule is CSc1ccc([C@@H](O)CNC(C)C)cc1C. The van der Waals surface area contributed by atoms with Gasteiger partial charge in [-0.2, -0.15) is 0 Å². The summed E-state index contributed by atoms with van der Waals surface area (Å²) >= 11 is 1.74. The molecular weight excluding hydrogens is 218 g/mol. The summed E-state index contributed by atoms with van der Waals surface area (Å²) in [6.45, 7) is 6.84. The minimum atomic E-state index is -0.419. The third-order valence-corrected chi connectivity index (χ3v) is 3.42. The van der Waals surface area contributed by atoms with Gasteiger partial charge in [0.05, 0.1) is 6.10 Å². The lowest BCUT2D eigenvalue weighted by Gasteiger charge is -2.15. The van der Waals surface area contributed by atoms with Gasteiger partial charge in [-0.15, -0.1) is 11.8 Å². The van der Waals surface area contributed by atoms with Crippen LogP contribution in [0.4, 0.5) is 0 Å². The summed E-state index contributed by atoms with van der Waals surface area (Å²) in [5.74, 6) is 0. The van der Waals surface area contributed by atoms with Gasteiger partial charge in [0.15, 0.2) is 0 Å². The second-order valence-electron chi connectivity index (χ2n) is 4.31. The summed E-state index contributed by atoms with van der Waals surface area (Å²) in [4.78, 5) is 1.27. The molecule has 0 saturated carbocycles. The zero-order valence-corrected chi connectivity index (χ0v) is 11.3. The van der Waals surface area contributed by atoms with Crippen molar-refractivity contribution in [2.24, 2.45) is 0 Å². The molecule has 0 unspecified atom stereocenters. The Balaban J connectivity index is 2.69. The fourth-order valence-corrected chi connectivity index (χ4v) is 2.16. The molecule has 90 valence electrons. The van der Waals surface area contributed by atoms with Crippen molar-refractivity contribution < 1.29 is 5.11 Å². The number of thioether (sulfide) groups is 1. The summed E-state index contributed by atoms with van der Waals surface area (Å²) in [7, 11) is 0. The van der Waals surface area contributed by atoms with Gasteiger partial charge in [0, 0.05) is 17.5 Å². The lowest BCUT2D eigenvalue weighted by Crippen LogP contribution is -2.27. The molecule has 0 aromatic heterocycles. The van der Waals surface area contributed by atoms with Crippen LogP contribution in [0.25, 0.3) is 0 Å². The van der Waals surface area contributed by atoms with E-state index in [9.17, 15) is 5.11 Å². The minimum Gasteiger partial charge on any atom is -0.387 e. The molecule has 0 saturated heterocycles. The standard InChI is InChI=1S/C13H21NOS/c1-9(2)14-8-12(15)11-5-6-13(16-4)10(3)7-11/h5-7,9,12,14-15H,8H2,1-4H3/t12-/m0/s1. The van der Waals surface area contributed by atoms with Gasteiger partial charge in [0.25, 0.3) is 0 Å². The van der Waals surface area contributed by atoms with E-state index in [1.807, 2.05) is 6.07 Å². The first-order chi connectivity index (χ1) is 7.54. The largest absolute Gasteiger partial charge is 0.387 e. The van der Waals surface area contributed by atoms with E-state index in [1.54, 1.807) is 11.8 Å². The fraction of sp³-hybridized carbons (Fsp3) is 0.538. The van der Waals surface area contributed by atoms with Crippen LogP contribution in [0.5, 0.6) is 0 Å². The monoisotopic (exact) mass is 239 g/mol. The number of nitrogens with one attached hydrogen (secondary N) is 1. The maximum Gasteiger partial charge on any atom is 0.0914 e. The van der Waals surface area contributed by atoms with E-state index >= 15 is 0 Å². The second kappa shape index (κ2) is 6.28. The van der Waals surface area contributed by atoms with E-state index in [0.29, 0.717) is 12.6 Å². The molecule has 0 spiro atoms. The van der Waals surface area contributed by atoms with Gasteiger partial charge in [-0.05, 0) is 30.4 Å². The molecular formula is C13H21NOS. The van der Waals surface area contributed by atoms with E-state index < -0.39 is 6.10 Å². The molecule has 3 heteroatoms. The van der Waals surface area contributed by atoms with Crippen molar-refractivity contribution in [3.8, 4) is 0 Å². The molecule has 0 aliphatic heterocycles. The van der Waals surface area contributed by atoms with Crippen molar-refractivity contribution >= 4 is 11.8 Å². The Morgan fingerprint density at radius 3 is 2.56 bits per heavy atom. The number of aliphatic hydroxyl groups is 1. The highest BCUT2D eigenvalue weighted by Gasteiger charge is 2.09. The van der Waals surface area contributed by atoms with Crippen molar-refractivity contribution in [2.45, 2.75) is 37.8 Å². The highest BCUT2D eigenvalue weighted by atomic mass is 32.2. The number of aryl methyl sites for hydroxylation is 1. The molecule has 0 fully saturated rings. The lowest BCUT2D eigenvalue weighted by atomic mass is 10.1. The molecule has 0 aliphatic carbocycles. The Kier molecular flexibility index (Phi) is 5.32. The van der Waals surface area contributed by atoms with E-state index in [1.165, 1.54) is 10.5 Å². The number of hydrogen-bond donors (Lipinski definition) is 2. The molecule has 2 nitrogen and oxygen atoms in total. The van der Waals surface area contributed by atoms with Crippen molar-refractivity contribution in [1.29, 1.82) is 0 Å². The molecule has 2 N–H and O–H groups in total. The summed E-state index contributed by atoms with van der Waals surface area (Å²) in [5.41, 5.74) is 2.22. The molecule has 1 aromatic rings. The molecule has 0 aliphatic rings. The molecule has 1 aromatic carbocycles. The summed E-state index contributed by atoms with van der Waals surface area (Å²) in [6.07, 6.45) is 1.65. The molecule has 0 radical (unpaired) electrons. The smallest absolute Gasteiger partial charge is 0.0914 e. The third-order valence-electron chi connectivity index (χ3n) is 2.52. The maximum absolute atomic E-state index is 9.99. The van der Waals surface area contributed by atoms with Crippen molar-refractivity contribution in [2.75, 3.05) is 12.8 Å². The highest BCUT2D eigenvalue weighted by Crippen LogP contribution is 2.23. The van der Waals surface area contributed by atoms with Crippen molar-refractivity contribution in [3.05, 3.63) is 29.3 Å². The Bertz CT molecular complexity index is 339. The summed E-state index contributed by atoms with van der Waals surface area (Å²) in [5, 5.41) is 13.2. The number of aliphatic hydroxyl groups excluding tert-OH is 1. The van der Waals surface area contributed by atoms with Gasteiger partial charge in [-0.1, -0.05) is 26.0 Å². The quantitative estimate of drug-likeness (QED) is 0.775. The Hall–Kier alpha value is -0.510. The predicted octanol–water partition coefficient (Wildman–Crippen LogP) is 2.75.